The van der Waals surface area contributed by atoms with Crippen LogP contribution >= 0.6 is 12.2 Å². The summed E-state index contributed by atoms with van der Waals surface area (Å²) in [6.07, 6.45) is 5.64. The predicted octanol–water partition coefficient (Wildman–Crippen LogP) is 7.84. The lowest BCUT2D eigenvalue weighted by Gasteiger charge is -2.48. The summed E-state index contributed by atoms with van der Waals surface area (Å²) in [7, 11) is 0. The van der Waals surface area contributed by atoms with Gasteiger partial charge in [0.05, 0.1) is 17.8 Å². The molecule has 0 aliphatic heterocycles. The maximum atomic E-state index is 13.9. The summed E-state index contributed by atoms with van der Waals surface area (Å²) >= 11 is 5.46. The number of anilines is 1. The minimum atomic E-state index is -0.609. The van der Waals surface area contributed by atoms with E-state index in [1.165, 1.54) is 0 Å². The molecule has 2 N–H and O–H groups in total. The van der Waals surface area contributed by atoms with Crippen LogP contribution in [0.4, 0.5) is 5.69 Å². The second-order valence-electron chi connectivity index (χ2n) is 10.9. The third-order valence-corrected chi connectivity index (χ3v) is 8.17. The van der Waals surface area contributed by atoms with Crippen LogP contribution in [0.3, 0.4) is 0 Å². The van der Waals surface area contributed by atoms with Gasteiger partial charge in [-0.2, -0.15) is 0 Å². The molecule has 0 saturated heterocycles. The number of rotatable bonds is 16. The topological polar surface area (TPSA) is 70.7 Å². The molecule has 1 fully saturated rings. The maximum Gasteiger partial charge on any atom is 0.272 e. The fourth-order valence-electron chi connectivity index (χ4n) is 5.11. The normalized spacial score (nSPS) is 15.1. The second kappa shape index (κ2) is 15.2. The second-order valence-corrected chi connectivity index (χ2v) is 11.1. The number of carbonyl (C=O) groups is 2. The number of Topliss-reactive ketones (excluding diaryl/α,β-unsaturated/α-hetero) is 1. The Hall–Kier alpha value is -2.93. The van der Waals surface area contributed by atoms with E-state index in [9.17, 15) is 9.59 Å². The molecule has 0 heterocycles. The van der Waals surface area contributed by atoms with Crippen LogP contribution in [0.1, 0.15) is 106 Å². The van der Waals surface area contributed by atoms with Crippen LogP contribution < -0.4 is 20.3 Å². The summed E-state index contributed by atoms with van der Waals surface area (Å²) in [4.78, 5) is 28.9. The number of amides is 1. The number of hydrogen-bond donors (Lipinski definition) is 2. The summed E-state index contributed by atoms with van der Waals surface area (Å²) in [5, 5.41) is 6.52. The van der Waals surface area contributed by atoms with E-state index in [0.29, 0.717) is 30.2 Å². The molecule has 40 heavy (non-hydrogen) atoms. The van der Waals surface area contributed by atoms with Gasteiger partial charge in [0.25, 0.3) is 5.91 Å². The van der Waals surface area contributed by atoms with Crippen molar-refractivity contribution in [2.24, 2.45) is 5.92 Å². The van der Waals surface area contributed by atoms with Crippen molar-refractivity contribution in [3.8, 4) is 5.75 Å². The third-order valence-electron chi connectivity index (χ3n) is 7.96. The van der Waals surface area contributed by atoms with Crippen molar-refractivity contribution in [3.63, 3.8) is 0 Å². The lowest BCUT2D eigenvalue weighted by atomic mass is 9.71. The molecular weight excluding hydrogens is 518 g/mol. The third kappa shape index (κ3) is 7.42. The first-order valence-corrected chi connectivity index (χ1v) is 15.2. The predicted molar refractivity (Wildman–Crippen MR) is 171 cm³/mol. The van der Waals surface area contributed by atoms with Crippen LogP contribution in [0.5, 0.6) is 5.75 Å². The number of ether oxygens (including phenoxy) is 1. The Kier molecular flexibility index (Phi) is 12.6. The molecule has 1 aromatic carbocycles. The lowest BCUT2D eigenvalue weighted by Crippen LogP contribution is -2.58. The van der Waals surface area contributed by atoms with Crippen LogP contribution in [0, 0.1) is 5.92 Å². The van der Waals surface area contributed by atoms with Crippen molar-refractivity contribution in [1.29, 1.82) is 0 Å². The van der Waals surface area contributed by atoms with Crippen molar-refractivity contribution >= 4 is 40.8 Å². The summed E-state index contributed by atoms with van der Waals surface area (Å²) in [6, 6.07) is 5.83. The molecule has 0 bridgehead atoms. The number of nitrogens with one attached hydrogen (secondary N) is 2. The SMILES string of the molecule is C=C(CCC)N/C(C(=O)NC(=C(C)C)c1cc(N(C=S)C2(C(=O)CC)CCC2)ccc1OCC)=C(/C)C(C)CC. The number of ketones is 1. The molecule has 1 unspecified atom stereocenters. The molecule has 1 amide bonds. The number of allylic oxidation sites excluding steroid dienone is 3. The quantitative estimate of drug-likeness (QED) is 0.157. The largest absolute Gasteiger partial charge is 0.493 e. The van der Waals surface area contributed by atoms with Crippen LogP contribution in [0.2, 0.25) is 0 Å². The Labute approximate surface area is 247 Å². The van der Waals surface area contributed by atoms with E-state index in [1.54, 1.807) is 5.49 Å². The first kappa shape index (κ1) is 33.3. The van der Waals surface area contributed by atoms with Gasteiger partial charge in [-0.1, -0.05) is 58.5 Å². The Morgan fingerprint density at radius 2 is 1.82 bits per heavy atom. The van der Waals surface area contributed by atoms with Crippen LogP contribution in [0.25, 0.3) is 5.70 Å². The van der Waals surface area contributed by atoms with E-state index in [-0.39, 0.29) is 17.6 Å². The van der Waals surface area contributed by atoms with Crippen molar-refractivity contribution in [3.05, 3.63) is 52.9 Å². The molecule has 1 atom stereocenters. The Bertz CT molecular complexity index is 1160. The minimum Gasteiger partial charge on any atom is -0.493 e. The molecule has 0 spiro atoms. The van der Waals surface area contributed by atoms with Crippen molar-refractivity contribution in [2.75, 3.05) is 11.5 Å². The molecule has 1 aliphatic carbocycles. The van der Waals surface area contributed by atoms with Crippen LogP contribution in [0.15, 0.2) is 47.3 Å². The van der Waals surface area contributed by atoms with E-state index in [0.717, 1.165) is 66.6 Å². The highest BCUT2D eigenvalue weighted by atomic mass is 32.1. The van der Waals surface area contributed by atoms with Gasteiger partial charge in [0, 0.05) is 23.4 Å². The number of nitrogens with zero attached hydrogens (tertiary/aromatic N) is 1. The zero-order valence-corrected chi connectivity index (χ0v) is 26.6. The Morgan fingerprint density at radius 1 is 1.15 bits per heavy atom. The molecule has 220 valence electrons. The van der Waals surface area contributed by atoms with Gasteiger partial charge in [0.2, 0.25) is 0 Å². The van der Waals surface area contributed by atoms with Gasteiger partial charge in [0.1, 0.15) is 17.0 Å². The van der Waals surface area contributed by atoms with Gasteiger partial charge in [-0.15, -0.1) is 0 Å². The molecule has 1 aliphatic rings. The highest BCUT2D eigenvalue weighted by Gasteiger charge is 2.47. The molecule has 0 aromatic heterocycles. The lowest BCUT2D eigenvalue weighted by molar-refractivity contribution is -0.126. The maximum absolute atomic E-state index is 13.9. The summed E-state index contributed by atoms with van der Waals surface area (Å²) in [6.45, 7) is 20.7. The van der Waals surface area contributed by atoms with E-state index in [1.807, 2.05) is 57.7 Å². The fourth-order valence-corrected chi connectivity index (χ4v) is 5.44. The van der Waals surface area contributed by atoms with Crippen molar-refractivity contribution in [2.45, 2.75) is 106 Å². The molecule has 1 aromatic rings. The molecular formula is C33H49N3O3S. The summed E-state index contributed by atoms with van der Waals surface area (Å²) in [5.74, 6) is 0.859. The van der Waals surface area contributed by atoms with Crippen molar-refractivity contribution in [1.82, 2.24) is 10.6 Å². The summed E-state index contributed by atoms with van der Waals surface area (Å²) < 4.78 is 6.02. The van der Waals surface area contributed by atoms with Gasteiger partial charge in [0.15, 0.2) is 5.78 Å². The first-order valence-electron chi connectivity index (χ1n) is 14.7. The Morgan fingerprint density at radius 3 is 2.30 bits per heavy atom. The van der Waals surface area contributed by atoms with E-state index < -0.39 is 5.54 Å². The van der Waals surface area contributed by atoms with Gasteiger partial charge in [-0.3, -0.25) is 9.59 Å². The smallest absolute Gasteiger partial charge is 0.272 e. The molecule has 0 radical (unpaired) electrons. The number of carbonyl (C=O) groups excluding carboxylic acids is 2. The van der Waals surface area contributed by atoms with E-state index in [4.69, 9.17) is 17.0 Å². The van der Waals surface area contributed by atoms with Crippen molar-refractivity contribution < 1.29 is 14.3 Å². The summed E-state index contributed by atoms with van der Waals surface area (Å²) in [5.41, 5.74) is 6.47. The van der Waals surface area contributed by atoms with Gasteiger partial charge < -0.3 is 20.3 Å². The Balaban J connectivity index is 2.62. The zero-order chi connectivity index (χ0) is 30.0. The van der Waals surface area contributed by atoms with E-state index in [2.05, 4.69) is 38.0 Å². The van der Waals surface area contributed by atoms with Crippen LogP contribution in [-0.4, -0.2) is 29.3 Å². The van der Waals surface area contributed by atoms with Gasteiger partial charge >= 0.3 is 0 Å². The number of thiocarbonyl (C=S) groups is 1. The first-order chi connectivity index (χ1) is 19.0. The fraction of sp³-hybridized carbons (Fsp3) is 0.545. The molecule has 1 saturated carbocycles. The number of hydrogen-bond acceptors (Lipinski definition) is 5. The minimum absolute atomic E-state index is 0.194. The standard InChI is InChI=1S/C33H49N3O3S/c1-10-15-24(8)34-31(25(9)23(7)11-2)32(38)35-30(22(5)6)27-20-26(16-17-28(27)39-13-4)36(21-40)33(18-14-19-33)29(37)12-3/h16-17,20-21,23,34H,8,10-15,18-19H2,1-7,9H3,(H,35,38)/b31-25-. The average Bonchev–Trinajstić information content (AvgIpc) is 2.91. The molecule has 7 heteroatoms. The highest BCUT2D eigenvalue weighted by molar-refractivity contribution is 7.79. The molecule has 6 nitrogen and oxygen atoms in total. The van der Waals surface area contributed by atoms with Crippen LogP contribution in [-0.2, 0) is 9.59 Å². The average molecular weight is 568 g/mol. The zero-order valence-electron chi connectivity index (χ0n) is 25.8. The number of benzene rings is 1. The highest BCUT2D eigenvalue weighted by Crippen LogP contribution is 2.43. The van der Waals surface area contributed by atoms with Gasteiger partial charge in [-0.05, 0) is 89.5 Å². The van der Waals surface area contributed by atoms with E-state index >= 15 is 0 Å². The van der Waals surface area contributed by atoms with Gasteiger partial charge in [-0.25, -0.2) is 0 Å². The monoisotopic (exact) mass is 567 g/mol. The molecule has 2 rings (SSSR count).